The van der Waals surface area contributed by atoms with Crippen LogP contribution in [0.2, 0.25) is 0 Å². The van der Waals surface area contributed by atoms with Gasteiger partial charge in [-0.3, -0.25) is 4.79 Å². The first-order chi connectivity index (χ1) is 5.09. The number of carbonyl (C=O) groups is 1. The monoisotopic (exact) mass is 156 g/mol. The standard InChI is InChI=1S/C9H16O2/c1-6(2)4-8-5-7(3)9(10)11-8/h6-8H,4-5H2,1-3H3/t7-,8+/m1/s1. The van der Waals surface area contributed by atoms with Crippen molar-refractivity contribution in [1.29, 1.82) is 0 Å². The maximum Gasteiger partial charge on any atom is 0.309 e. The number of cyclic esters (lactones) is 1. The molecule has 0 amide bonds. The van der Waals surface area contributed by atoms with Crippen LogP contribution in [0, 0.1) is 11.8 Å². The highest BCUT2D eigenvalue weighted by Crippen LogP contribution is 2.24. The van der Waals surface area contributed by atoms with Gasteiger partial charge in [0.1, 0.15) is 6.10 Å². The van der Waals surface area contributed by atoms with E-state index in [0.717, 1.165) is 12.8 Å². The number of carbonyl (C=O) groups excluding carboxylic acids is 1. The van der Waals surface area contributed by atoms with E-state index in [2.05, 4.69) is 13.8 Å². The molecule has 1 heterocycles. The largest absolute Gasteiger partial charge is 0.462 e. The number of esters is 1. The molecule has 0 aromatic heterocycles. The molecule has 0 spiro atoms. The van der Waals surface area contributed by atoms with Crippen molar-refractivity contribution in [1.82, 2.24) is 0 Å². The highest BCUT2D eigenvalue weighted by Gasteiger charge is 2.30. The smallest absolute Gasteiger partial charge is 0.309 e. The van der Waals surface area contributed by atoms with Crippen molar-refractivity contribution >= 4 is 5.97 Å². The number of rotatable bonds is 2. The van der Waals surface area contributed by atoms with Gasteiger partial charge in [0.25, 0.3) is 0 Å². The van der Waals surface area contributed by atoms with Crippen LogP contribution in [0.5, 0.6) is 0 Å². The molecule has 0 radical (unpaired) electrons. The molecule has 1 aliphatic rings. The molecular weight excluding hydrogens is 140 g/mol. The summed E-state index contributed by atoms with van der Waals surface area (Å²) in [7, 11) is 0. The summed E-state index contributed by atoms with van der Waals surface area (Å²) in [5, 5.41) is 0. The Morgan fingerprint density at radius 3 is 2.64 bits per heavy atom. The lowest BCUT2D eigenvalue weighted by molar-refractivity contribution is -0.144. The third-order valence-electron chi connectivity index (χ3n) is 2.04. The minimum absolute atomic E-state index is 0.0179. The van der Waals surface area contributed by atoms with Gasteiger partial charge in [-0.05, 0) is 18.8 Å². The molecule has 0 N–H and O–H groups in total. The van der Waals surface area contributed by atoms with E-state index < -0.39 is 0 Å². The second-order valence-electron chi connectivity index (χ2n) is 3.83. The van der Waals surface area contributed by atoms with Gasteiger partial charge in [-0.2, -0.15) is 0 Å². The van der Waals surface area contributed by atoms with Gasteiger partial charge in [-0.25, -0.2) is 0 Å². The maximum atomic E-state index is 10.9. The molecule has 1 saturated heterocycles. The first kappa shape index (κ1) is 8.57. The molecule has 2 atom stereocenters. The van der Waals surface area contributed by atoms with Crippen molar-refractivity contribution in [3.63, 3.8) is 0 Å². The molecule has 2 heteroatoms. The zero-order valence-corrected chi connectivity index (χ0v) is 7.46. The number of hydrogen-bond donors (Lipinski definition) is 0. The molecular formula is C9H16O2. The van der Waals surface area contributed by atoms with Gasteiger partial charge in [0.05, 0.1) is 5.92 Å². The summed E-state index contributed by atoms with van der Waals surface area (Å²) in [6.07, 6.45) is 2.12. The van der Waals surface area contributed by atoms with E-state index in [-0.39, 0.29) is 18.0 Å². The van der Waals surface area contributed by atoms with E-state index >= 15 is 0 Å². The highest BCUT2D eigenvalue weighted by atomic mass is 16.5. The van der Waals surface area contributed by atoms with E-state index in [4.69, 9.17) is 4.74 Å². The van der Waals surface area contributed by atoms with Gasteiger partial charge >= 0.3 is 5.97 Å². The summed E-state index contributed by atoms with van der Waals surface area (Å²) in [6, 6.07) is 0. The minimum atomic E-state index is -0.0179. The summed E-state index contributed by atoms with van der Waals surface area (Å²) in [5.41, 5.74) is 0. The molecule has 64 valence electrons. The zero-order valence-electron chi connectivity index (χ0n) is 7.46. The Labute approximate surface area is 67.9 Å². The predicted molar refractivity (Wildman–Crippen MR) is 43.1 cm³/mol. The third-order valence-corrected chi connectivity index (χ3v) is 2.04. The summed E-state index contributed by atoms with van der Waals surface area (Å²) in [5.74, 6) is 0.729. The van der Waals surface area contributed by atoms with Gasteiger partial charge in [0, 0.05) is 0 Å². The normalized spacial score (nSPS) is 31.1. The molecule has 2 nitrogen and oxygen atoms in total. The Morgan fingerprint density at radius 1 is 1.64 bits per heavy atom. The molecule has 1 rings (SSSR count). The molecule has 0 aromatic rings. The van der Waals surface area contributed by atoms with E-state index in [0.29, 0.717) is 5.92 Å². The Bertz CT molecular complexity index is 152. The Morgan fingerprint density at radius 2 is 2.27 bits per heavy atom. The van der Waals surface area contributed by atoms with E-state index in [1.54, 1.807) is 0 Å². The first-order valence-electron chi connectivity index (χ1n) is 4.30. The van der Waals surface area contributed by atoms with Crippen molar-refractivity contribution in [2.75, 3.05) is 0 Å². The Balaban J connectivity index is 2.35. The van der Waals surface area contributed by atoms with E-state index in [1.165, 1.54) is 0 Å². The molecule has 0 aromatic carbocycles. The predicted octanol–water partition coefficient (Wildman–Crippen LogP) is 1.98. The molecule has 1 fully saturated rings. The molecule has 0 aliphatic carbocycles. The van der Waals surface area contributed by atoms with Crippen LogP contribution in [0.3, 0.4) is 0 Å². The average molecular weight is 156 g/mol. The number of hydrogen-bond acceptors (Lipinski definition) is 2. The van der Waals surface area contributed by atoms with Gasteiger partial charge in [0.2, 0.25) is 0 Å². The highest BCUT2D eigenvalue weighted by molar-refractivity contribution is 5.74. The van der Waals surface area contributed by atoms with Gasteiger partial charge < -0.3 is 4.74 Å². The van der Waals surface area contributed by atoms with Crippen LogP contribution in [-0.2, 0) is 9.53 Å². The fourth-order valence-electron chi connectivity index (χ4n) is 1.49. The quantitative estimate of drug-likeness (QED) is 0.571. The van der Waals surface area contributed by atoms with E-state index in [1.807, 2.05) is 6.92 Å². The van der Waals surface area contributed by atoms with E-state index in [9.17, 15) is 4.79 Å². The Hall–Kier alpha value is -0.530. The van der Waals surface area contributed by atoms with Crippen LogP contribution in [0.25, 0.3) is 0 Å². The molecule has 1 aliphatic heterocycles. The van der Waals surface area contributed by atoms with Crippen molar-refractivity contribution in [2.45, 2.75) is 39.7 Å². The van der Waals surface area contributed by atoms with Crippen LogP contribution in [-0.4, -0.2) is 12.1 Å². The van der Waals surface area contributed by atoms with Gasteiger partial charge in [0.15, 0.2) is 0 Å². The summed E-state index contributed by atoms with van der Waals surface area (Å²) in [6.45, 7) is 6.23. The van der Waals surface area contributed by atoms with Crippen molar-refractivity contribution in [3.05, 3.63) is 0 Å². The Kier molecular flexibility index (Phi) is 2.53. The lowest BCUT2D eigenvalue weighted by Crippen LogP contribution is -2.09. The van der Waals surface area contributed by atoms with Gasteiger partial charge in [-0.1, -0.05) is 20.8 Å². The first-order valence-corrected chi connectivity index (χ1v) is 4.30. The van der Waals surface area contributed by atoms with Crippen LogP contribution < -0.4 is 0 Å². The summed E-state index contributed by atoms with van der Waals surface area (Å²) < 4.78 is 5.15. The minimum Gasteiger partial charge on any atom is -0.462 e. The summed E-state index contributed by atoms with van der Waals surface area (Å²) in [4.78, 5) is 10.9. The molecule has 11 heavy (non-hydrogen) atoms. The van der Waals surface area contributed by atoms with Crippen LogP contribution in [0.1, 0.15) is 33.6 Å². The summed E-state index contributed by atoms with van der Waals surface area (Å²) >= 11 is 0. The second kappa shape index (κ2) is 3.24. The molecule has 0 bridgehead atoms. The SMILES string of the molecule is CC(C)C[C@H]1C[C@@H](C)C(=O)O1. The fraction of sp³-hybridized carbons (Fsp3) is 0.889. The van der Waals surface area contributed by atoms with Crippen LogP contribution in [0.4, 0.5) is 0 Å². The number of ether oxygens (including phenoxy) is 1. The fourth-order valence-corrected chi connectivity index (χ4v) is 1.49. The van der Waals surface area contributed by atoms with Gasteiger partial charge in [-0.15, -0.1) is 0 Å². The van der Waals surface area contributed by atoms with Crippen molar-refractivity contribution < 1.29 is 9.53 Å². The topological polar surface area (TPSA) is 26.3 Å². The second-order valence-corrected chi connectivity index (χ2v) is 3.83. The molecule has 0 saturated carbocycles. The van der Waals surface area contributed by atoms with Crippen LogP contribution >= 0.6 is 0 Å². The average Bonchev–Trinajstić information content (AvgIpc) is 2.10. The maximum absolute atomic E-state index is 10.9. The lowest BCUT2D eigenvalue weighted by Gasteiger charge is -2.10. The van der Waals surface area contributed by atoms with Crippen LogP contribution in [0.15, 0.2) is 0 Å². The lowest BCUT2D eigenvalue weighted by atomic mass is 10.0. The molecule has 0 unspecified atom stereocenters. The van der Waals surface area contributed by atoms with Crippen molar-refractivity contribution in [3.8, 4) is 0 Å². The third kappa shape index (κ3) is 2.21. The zero-order chi connectivity index (χ0) is 8.43. The van der Waals surface area contributed by atoms with Crippen molar-refractivity contribution in [2.24, 2.45) is 11.8 Å².